The van der Waals surface area contributed by atoms with Crippen LogP contribution in [0.3, 0.4) is 0 Å². The zero-order valence-corrected chi connectivity index (χ0v) is 7.25. The van der Waals surface area contributed by atoms with Crippen molar-refractivity contribution in [2.24, 2.45) is 0 Å². The molecule has 0 bridgehead atoms. The monoisotopic (exact) mass is 198 g/mol. The van der Waals surface area contributed by atoms with Crippen LogP contribution in [0.1, 0.15) is 11.9 Å². The highest BCUT2D eigenvalue weighted by Crippen LogP contribution is 2.15. The molecule has 3 N–H and O–H groups in total. The fourth-order valence-corrected chi connectivity index (χ4v) is 0.881. The topological polar surface area (TPSA) is 87.0 Å². The van der Waals surface area contributed by atoms with Gasteiger partial charge in [-0.25, -0.2) is 4.79 Å². The number of aliphatic carboxylic acids is 1. The third kappa shape index (κ3) is 3.04. The second-order valence-corrected chi connectivity index (χ2v) is 2.63. The molecule has 0 amide bonds. The Balaban J connectivity index is 2.59. The highest BCUT2D eigenvalue weighted by molar-refractivity contribution is 5.68. The molecule has 0 aliphatic carbocycles. The molecule has 1 aromatic rings. The zero-order chi connectivity index (χ0) is 10.6. The number of carboxylic acids is 1. The van der Waals surface area contributed by atoms with Crippen LogP contribution in [0.25, 0.3) is 0 Å². The maximum Gasteiger partial charge on any atom is 0.341 e. The van der Waals surface area contributed by atoms with E-state index in [2.05, 4.69) is 0 Å². The van der Waals surface area contributed by atoms with Gasteiger partial charge in [-0.2, -0.15) is 0 Å². The molecule has 1 aromatic carbocycles. The van der Waals surface area contributed by atoms with Crippen LogP contribution in [-0.4, -0.2) is 27.9 Å². The van der Waals surface area contributed by atoms with Gasteiger partial charge in [0.05, 0.1) is 0 Å². The van der Waals surface area contributed by atoms with E-state index in [4.69, 9.17) is 20.1 Å². The average molecular weight is 198 g/mol. The molecule has 0 aliphatic heterocycles. The third-order valence-electron chi connectivity index (χ3n) is 1.54. The van der Waals surface area contributed by atoms with Crippen molar-refractivity contribution >= 4 is 5.97 Å². The minimum absolute atomic E-state index is 0.327. The first-order valence-electron chi connectivity index (χ1n) is 3.90. The Labute approximate surface area is 80.2 Å². The molecule has 0 saturated heterocycles. The first kappa shape index (κ1) is 10.5. The molecule has 0 atom stereocenters. The van der Waals surface area contributed by atoms with Crippen LogP contribution in [-0.2, 0) is 4.79 Å². The lowest BCUT2D eigenvalue weighted by Crippen LogP contribution is -2.09. The Bertz CT molecular complexity index is 303. The fraction of sp³-hybridized carbons (Fsp3) is 0.222. The molecule has 0 aliphatic rings. The Morgan fingerprint density at radius 2 is 1.86 bits per heavy atom. The van der Waals surface area contributed by atoms with Crippen LogP contribution in [0.15, 0.2) is 24.3 Å². The normalized spacial score (nSPS) is 10.2. The van der Waals surface area contributed by atoms with Crippen LogP contribution < -0.4 is 4.74 Å². The van der Waals surface area contributed by atoms with Crippen LogP contribution in [0.2, 0.25) is 0 Å². The van der Waals surface area contributed by atoms with Gasteiger partial charge in [0.1, 0.15) is 5.75 Å². The van der Waals surface area contributed by atoms with Crippen molar-refractivity contribution in [2.75, 3.05) is 6.61 Å². The number of aliphatic hydroxyl groups is 2. The van der Waals surface area contributed by atoms with Crippen molar-refractivity contribution in [3.63, 3.8) is 0 Å². The smallest absolute Gasteiger partial charge is 0.341 e. The van der Waals surface area contributed by atoms with Gasteiger partial charge >= 0.3 is 5.97 Å². The van der Waals surface area contributed by atoms with E-state index in [1.54, 1.807) is 0 Å². The third-order valence-corrected chi connectivity index (χ3v) is 1.54. The predicted molar refractivity (Wildman–Crippen MR) is 46.8 cm³/mol. The summed E-state index contributed by atoms with van der Waals surface area (Å²) >= 11 is 0. The van der Waals surface area contributed by atoms with E-state index in [9.17, 15) is 4.79 Å². The lowest BCUT2D eigenvalue weighted by Gasteiger charge is -2.05. The van der Waals surface area contributed by atoms with Gasteiger partial charge < -0.3 is 20.1 Å². The van der Waals surface area contributed by atoms with Crippen LogP contribution in [0.5, 0.6) is 5.75 Å². The number of carbonyl (C=O) groups is 1. The Morgan fingerprint density at radius 1 is 1.29 bits per heavy atom. The van der Waals surface area contributed by atoms with Gasteiger partial charge in [-0.3, -0.25) is 0 Å². The summed E-state index contributed by atoms with van der Waals surface area (Å²) in [5.74, 6) is -0.687. The second kappa shape index (κ2) is 4.59. The van der Waals surface area contributed by atoms with Gasteiger partial charge in [-0.1, -0.05) is 12.1 Å². The van der Waals surface area contributed by atoms with Crippen LogP contribution in [0, 0.1) is 0 Å². The van der Waals surface area contributed by atoms with E-state index < -0.39 is 18.9 Å². The quantitative estimate of drug-likeness (QED) is 0.599. The van der Waals surface area contributed by atoms with Gasteiger partial charge in [0, 0.05) is 5.56 Å². The van der Waals surface area contributed by atoms with Gasteiger partial charge in [0.25, 0.3) is 0 Å². The number of carboxylic acid groups (broad SMARTS) is 1. The molecule has 0 aromatic heterocycles. The molecular weight excluding hydrogens is 188 g/mol. The largest absolute Gasteiger partial charge is 0.482 e. The average Bonchev–Trinajstić information content (AvgIpc) is 2.15. The summed E-state index contributed by atoms with van der Waals surface area (Å²) in [6.45, 7) is -0.416. The summed E-state index contributed by atoms with van der Waals surface area (Å²) in [5.41, 5.74) is 0.327. The van der Waals surface area contributed by atoms with Gasteiger partial charge in [0.15, 0.2) is 12.9 Å². The number of benzene rings is 1. The molecule has 0 unspecified atom stereocenters. The van der Waals surface area contributed by atoms with E-state index in [0.717, 1.165) is 0 Å². The van der Waals surface area contributed by atoms with Crippen LogP contribution >= 0.6 is 0 Å². The number of rotatable bonds is 4. The maximum atomic E-state index is 10.1. The minimum Gasteiger partial charge on any atom is -0.482 e. The van der Waals surface area contributed by atoms with Gasteiger partial charge in [0.2, 0.25) is 0 Å². The van der Waals surface area contributed by atoms with Crippen molar-refractivity contribution in [2.45, 2.75) is 6.29 Å². The van der Waals surface area contributed by atoms with Crippen molar-refractivity contribution in [3.05, 3.63) is 29.8 Å². The highest BCUT2D eigenvalue weighted by atomic mass is 16.5. The molecule has 5 nitrogen and oxygen atoms in total. The molecule has 76 valence electrons. The molecule has 0 heterocycles. The Kier molecular flexibility index (Phi) is 3.44. The molecule has 14 heavy (non-hydrogen) atoms. The summed E-state index contributed by atoms with van der Waals surface area (Å²) < 4.78 is 4.84. The molecule has 1 rings (SSSR count). The number of hydrogen-bond donors (Lipinski definition) is 3. The second-order valence-electron chi connectivity index (χ2n) is 2.63. The van der Waals surface area contributed by atoms with E-state index >= 15 is 0 Å². The molecular formula is C9H10O5. The van der Waals surface area contributed by atoms with E-state index in [1.165, 1.54) is 24.3 Å². The standard InChI is InChI=1S/C9H10O5/c10-8(11)5-14-7-3-1-6(2-4-7)9(12)13/h1-4,9,12-13H,5H2,(H,10,11). The number of ether oxygens (including phenoxy) is 1. The van der Waals surface area contributed by atoms with Crippen molar-refractivity contribution in [1.29, 1.82) is 0 Å². The van der Waals surface area contributed by atoms with Crippen molar-refractivity contribution < 1.29 is 24.9 Å². The molecule has 0 spiro atoms. The van der Waals surface area contributed by atoms with Crippen molar-refractivity contribution in [3.8, 4) is 5.75 Å². The number of hydrogen-bond acceptors (Lipinski definition) is 4. The number of aliphatic hydroxyl groups excluding tert-OH is 1. The van der Waals surface area contributed by atoms with Gasteiger partial charge in [-0.05, 0) is 12.1 Å². The summed E-state index contributed by atoms with van der Waals surface area (Å²) in [7, 11) is 0. The summed E-state index contributed by atoms with van der Waals surface area (Å²) in [4.78, 5) is 10.1. The first-order chi connectivity index (χ1) is 6.59. The zero-order valence-electron chi connectivity index (χ0n) is 7.25. The molecule has 5 heteroatoms. The lowest BCUT2D eigenvalue weighted by atomic mass is 10.2. The molecule has 0 radical (unpaired) electrons. The Morgan fingerprint density at radius 3 is 2.29 bits per heavy atom. The molecule has 0 saturated carbocycles. The highest BCUT2D eigenvalue weighted by Gasteiger charge is 2.03. The summed E-state index contributed by atoms with van der Waals surface area (Å²) in [6, 6.07) is 5.83. The first-order valence-corrected chi connectivity index (χ1v) is 3.90. The SMILES string of the molecule is O=C(O)COc1ccc(C(O)O)cc1. The predicted octanol–water partition coefficient (Wildman–Crippen LogP) is 0.133. The summed E-state index contributed by atoms with van der Waals surface area (Å²) in [6.07, 6.45) is -1.52. The summed E-state index contributed by atoms with van der Waals surface area (Å²) in [5, 5.41) is 25.8. The Hall–Kier alpha value is -1.59. The minimum atomic E-state index is -1.52. The fourth-order valence-electron chi connectivity index (χ4n) is 0.881. The van der Waals surface area contributed by atoms with E-state index in [1.807, 2.05) is 0 Å². The lowest BCUT2D eigenvalue weighted by molar-refractivity contribution is -0.139. The van der Waals surface area contributed by atoms with Gasteiger partial charge in [-0.15, -0.1) is 0 Å². The van der Waals surface area contributed by atoms with E-state index in [-0.39, 0.29) is 0 Å². The molecule has 0 fully saturated rings. The van der Waals surface area contributed by atoms with Crippen LogP contribution in [0.4, 0.5) is 0 Å². The van der Waals surface area contributed by atoms with Crippen molar-refractivity contribution in [1.82, 2.24) is 0 Å². The maximum absolute atomic E-state index is 10.1. The van der Waals surface area contributed by atoms with E-state index in [0.29, 0.717) is 11.3 Å².